The highest BCUT2D eigenvalue weighted by atomic mass is 35.5. The highest BCUT2D eigenvalue weighted by molar-refractivity contribution is 6.33. The Balaban J connectivity index is 1.79. The van der Waals surface area contributed by atoms with E-state index in [0.29, 0.717) is 54.2 Å². The second kappa shape index (κ2) is 7.68. The van der Waals surface area contributed by atoms with Crippen LogP contribution in [0.15, 0.2) is 24.3 Å². The Morgan fingerprint density at radius 1 is 1.08 bits per heavy atom. The third kappa shape index (κ3) is 3.71. The van der Waals surface area contributed by atoms with E-state index in [1.807, 2.05) is 24.3 Å². The molecule has 8 heteroatoms. The predicted octanol–water partition coefficient (Wildman–Crippen LogP) is 2.85. The van der Waals surface area contributed by atoms with Gasteiger partial charge < -0.3 is 9.80 Å². The van der Waals surface area contributed by atoms with Gasteiger partial charge >= 0.3 is 0 Å². The van der Waals surface area contributed by atoms with Crippen LogP contribution in [0.2, 0.25) is 10.2 Å². The van der Waals surface area contributed by atoms with Crippen molar-refractivity contribution in [2.45, 2.75) is 20.4 Å². The molecule has 2 heterocycles. The van der Waals surface area contributed by atoms with E-state index < -0.39 is 0 Å². The van der Waals surface area contributed by atoms with Crippen LogP contribution in [0.3, 0.4) is 0 Å². The Morgan fingerprint density at radius 3 is 2.31 bits per heavy atom. The molecule has 1 aromatic heterocycles. The van der Waals surface area contributed by atoms with Gasteiger partial charge in [0.2, 0.25) is 5.91 Å². The number of halogens is 2. The minimum Gasteiger partial charge on any atom is -0.339 e. The summed E-state index contributed by atoms with van der Waals surface area (Å²) in [6.45, 7) is 5.75. The molecule has 2 aromatic rings. The van der Waals surface area contributed by atoms with Gasteiger partial charge in [-0.25, -0.2) is 4.68 Å². The topological polar surface area (TPSA) is 58.4 Å². The number of nitrogens with zero attached hydrogens (tertiary/aromatic N) is 4. The summed E-state index contributed by atoms with van der Waals surface area (Å²) in [4.78, 5) is 27.8. The lowest BCUT2D eigenvalue weighted by atomic mass is 10.2. The first-order valence-electron chi connectivity index (χ1n) is 8.39. The zero-order chi connectivity index (χ0) is 18.8. The van der Waals surface area contributed by atoms with E-state index in [1.165, 1.54) is 6.92 Å². The molecule has 1 fully saturated rings. The molecule has 0 bridgehead atoms. The molecule has 2 amide bonds. The lowest BCUT2D eigenvalue weighted by molar-refractivity contribution is -0.130. The van der Waals surface area contributed by atoms with Crippen molar-refractivity contribution in [1.29, 1.82) is 0 Å². The van der Waals surface area contributed by atoms with E-state index in [9.17, 15) is 9.59 Å². The van der Waals surface area contributed by atoms with E-state index in [2.05, 4.69) is 5.10 Å². The number of aromatic nitrogens is 2. The zero-order valence-electron chi connectivity index (χ0n) is 14.7. The van der Waals surface area contributed by atoms with Gasteiger partial charge in [-0.3, -0.25) is 9.59 Å². The van der Waals surface area contributed by atoms with Crippen LogP contribution >= 0.6 is 23.2 Å². The van der Waals surface area contributed by atoms with Crippen molar-refractivity contribution in [3.8, 4) is 0 Å². The Hall–Kier alpha value is -2.05. The molecule has 1 aliphatic heterocycles. The first-order chi connectivity index (χ1) is 12.4. The largest absolute Gasteiger partial charge is 0.339 e. The molecule has 138 valence electrons. The minimum atomic E-state index is -0.152. The summed E-state index contributed by atoms with van der Waals surface area (Å²) in [5, 5.41) is 5.36. The van der Waals surface area contributed by atoms with Crippen molar-refractivity contribution in [3.05, 3.63) is 51.3 Å². The van der Waals surface area contributed by atoms with Gasteiger partial charge in [0.15, 0.2) is 0 Å². The van der Waals surface area contributed by atoms with Crippen molar-refractivity contribution in [3.63, 3.8) is 0 Å². The fraction of sp³-hybridized carbons (Fsp3) is 0.389. The van der Waals surface area contributed by atoms with Crippen LogP contribution in [0.5, 0.6) is 0 Å². The summed E-state index contributed by atoms with van der Waals surface area (Å²) in [6.07, 6.45) is 0. The standard InChI is InChI=1S/C18H20Cl2N4O2/c1-12-16(18(26)23-9-7-22(8-10-23)13(2)25)17(20)24(21-12)11-14-5-3-4-6-15(14)19/h3-6H,7-11H2,1-2H3. The van der Waals surface area contributed by atoms with Crippen molar-refractivity contribution in [2.24, 2.45) is 0 Å². The number of rotatable bonds is 3. The number of benzene rings is 1. The monoisotopic (exact) mass is 394 g/mol. The summed E-state index contributed by atoms with van der Waals surface area (Å²) >= 11 is 12.7. The molecule has 1 saturated heterocycles. The normalized spacial score (nSPS) is 14.6. The maximum absolute atomic E-state index is 12.9. The number of piperazine rings is 1. The van der Waals surface area contributed by atoms with Gasteiger partial charge in [-0.2, -0.15) is 5.10 Å². The molecule has 26 heavy (non-hydrogen) atoms. The van der Waals surface area contributed by atoms with Crippen molar-refractivity contribution in [2.75, 3.05) is 26.2 Å². The maximum atomic E-state index is 12.9. The number of hydrogen-bond donors (Lipinski definition) is 0. The predicted molar refractivity (Wildman–Crippen MR) is 101 cm³/mol. The average Bonchev–Trinajstić information content (AvgIpc) is 2.90. The first kappa shape index (κ1) is 18.7. The SMILES string of the molecule is CC(=O)N1CCN(C(=O)c2c(C)nn(Cc3ccccc3Cl)c2Cl)CC1. The van der Waals surface area contributed by atoms with E-state index in [4.69, 9.17) is 23.2 Å². The van der Waals surface area contributed by atoms with Crippen molar-refractivity contribution < 1.29 is 9.59 Å². The third-order valence-electron chi connectivity index (χ3n) is 4.57. The molecule has 6 nitrogen and oxygen atoms in total. The van der Waals surface area contributed by atoms with E-state index in [0.717, 1.165) is 5.56 Å². The molecule has 0 radical (unpaired) electrons. The molecule has 1 aromatic carbocycles. The molecule has 0 unspecified atom stereocenters. The fourth-order valence-corrected chi connectivity index (χ4v) is 3.58. The van der Waals surface area contributed by atoms with Crippen LogP contribution < -0.4 is 0 Å². The van der Waals surface area contributed by atoms with Gasteiger partial charge in [0, 0.05) is 38.1 Å². The van der Waals surface area contributed by atoms with Crippen LogP contribution in [0.25, 0.3) is 0 Å². The first-order valence-corrected chi connectivity index (χ1v) is 9.15. The molecule has 0 atom stereocenters. The molecule has 0 N–H and O–H groups in total. The number of carbonyl (C=O) groups excluding carboxylic acids is 2. The summed E-state index contributed by atoms with van der Waals surface area (Å²) in [7, 11) is 0. The van der Waals surface area contributed by atoms with Gasteiger partial charge in [-0.1, -0.05) is 41.4 Å². The number of carbonyl (C=O) groups is 2. The molecule has 1 aliphatic rings. The van der Waals surface area contributed by atoms with Crippen LogP contribution in [-0.2, 0) is 11.3 Å². The van der Waals surface area contributed by atoms with Crippen molar-refractivity contribution >= 4 is 35.0 Å². The molecule has 3 rings (SSSR count). The summed E-state index contributed by atoms with van der Waals surface area (Å²) in [6, 6.07) is 7.46. The quantitative estimate of drug-likeness (QED) is 0.803. The summed E-state index contributed by atoms with van der Waals surface area (Å²) in [5.74, 6) is -0.125. The van der Waals surface area contributed by atoms with Crippen LogP contribution in [-0.4, -0.2) is 57.6 Å². The van der Waals surface area contributed by atoms with Crippen LogP contribution in [0.4, 0.5) is 0 Å². The second-order valence-corrected chi connectivity index (χ2v) is 7.06. The number of aryl methyl sites for hydroxylation is 1. The lowest BCUT2D eigenvalue weighted by Crippen LogP contribution is -2.50. The Morgan fingerprint density at radius 2 is 1.69 bits per heavy atom. The maximum Gasteiger partial charge on any atom is 0.259 e. The molecule has 0 spiro atoms. The molecule has 0 saturated carbocycles. The Bertz CT molecular complexity index is 842. The molecular weight excluding hydrogens is 375 g/mol. The molecular formula is C18H20Cl2N4O2. The Labute approximate surface area is 162 Å². The van der Waals surface area contributed by atoms with E-state index >= 15 is 0 Å². The van der Waals surface area contributed by atoms with Gasteiger partial charge in [-0.15, -0.1) is 0 Å². The smallest absolute Gasteiger partial charge is 0.259 e. The van der Waals surface area contributed by atoms with E-state index in [1.54, 1.807) is 21.4 Å². The highest BCUT2D eigenvalue weighted by Crippen LogP contribution is 2.25. The second-order valence-electron chi connectivity index (χ2n) is 6.30. The summed E-state index contributed by atoms with van der Waals surface area (Å²) < 4.78 is 1.59. The van der Waals surface area contributed by atoms with Gasteiger partial charge in [-0.05, 0) is 18.6 Å². The van der Waals surface area contributed by atoms with Crippen LogP contribution in [0, 0.1) is 6.92 Å². The van der Waals surface area contributed by atoms with E-state index in [-0.39, 0.29) is 11.8 Å². The minimum absolute atomic E-state index is 0.0267. The Kier molecular flexibility index (Phi) is 5.53. The fourth-order valence-electron chi connectivity index (χ4n) is 3.07. The average molecular weight is 395 g/mol. The van der Waals surface area contributed by atoms with Gasteiger partial charge in [0.25, 0.3) is 5.91 Å². The number of amides is 2. The third-order valence-corrected chi connectivity index (χ3v) is 5.32. The number of hydrogen-bond acceptors (Lipinski definition) is 3. The zero-order valence-corrected chi connectivity index (χ0v) is 16.2. The summed E-state index contributed by atoms with van der Waals surface area (Å²) in [5.41, 5.74) is 1.88. The van der Waals surface area contributed by atoms with Crippen LogP contribution in [0.1, 0.15) is 28.5 Å². The lowest BCUT2D eigenvalue weighted by Gasteiger charge is -2.34. The van der Waals surface area contributed by atoms with Gasteiger partial charge in [0.05, 0.1) is 17.8 Å². The molecule has 0 aliphatic carbocycles. The van der Waals surface area contributed by atoms with Crippen molar-refractivity contribution in [1.82, 2.24) is 19.6 Å². The highest BCUT2D eigenvalue weighted by Gasteiger charge is 2.28. The van der Waals surface area contributed by atoms with Gasteiger partial charge in [0.1, 0.15) is 5.15 Å².